The number of methoxy groups -OCH3 is 1. The first-order valence-corrected chi connectivity index (χ1v) is 13.9. The summed E-state index contributed by atoms with van der Waals surface area (Å²) in [6.45, 7) is 3.04. The molecule has 222 valence electrons. The smallest absolute Gasteiger partial charge is 0.411 e. The number of ether oxygens (including phenoxy) is 1. The van der Waals surface area contributed by atoms with Crippen molar-refractivity contribution in [3.05, 3.63) is 93.5 Å². The van der Waals surface area contributed by atoms with Crippen molar-refractivity contribution in [2.24, 2.45) is 5.92 Å². The van der Waals surface area contributed by atoms with Crippen LogP contribution in [0.3, 0.4) is 0 Å². The van der Waals surface area contributed by atoms with Crippen molar-refractivity contribution in [1.29, 1.82) is 0 Å². The minimum Gasteiger partial charge on any atom is -0.453 e. The second-order valence-electron chi connectivity index (χ2n) is 10.5. The normalized spacial score (nSPS) is 14.2. The number of carbonyl (C=O) groups is 3. The van der Waals surface area contributed by atoms with Gasteiger partial charge in [0, 0.05) is 10.6 Å². The van der Waals surface area contributed by atoms with E-state index >= 15 is 0 Å². The molecule has 1 aliphatic carbocycles. The fourth-order valence-corrected chi connectivity index (χ4v) is 4.90. The lowest BCUT2D eigenvalue weighted by Crippen LogP contribution is -2.46. The van der Waals surface area contributed by atoms with Gasteiger partial charge in [-0.1, -0.05) is 67.9 Å². The maximum absolute atomic E-state index is 13.5. The number of nitrogens with one attached hydrogen (secondary N) is 2. The lowest BCUT2D eigenvalue weighted by atomic mass is 9.96. The Labute approximate surface area is 251 Å². The molecule has 12 nitrogen and oxygen atoms in total. The second-order valence-corrected chi connectivity index (χ2v) is 11.0. The molecule has 2 aromatic heterocycles. The highest BCUT2D eigenvalue weighted by molar-refractivity contribution is 6.30. The molecular formula is C30H29ClN6O6. The summed E-state index contributed by atoms with van der Waals surface area (Å²) in [6.07, 6.45) is 1.90. The quantitative estimate of drug-likeness (QED) is 0.253. The summed E-state index contributed by atoms with van der Waals surface area (Å²) in [5, 5.41) is 13.8. The lowest BCUT2D eigenvalue weighted by Gasteiger charge is -2.21. The number of carbonyl (C=O) groups excluding carboxylic acids is 3. The third-order valence-electron chi connectivity index (χ3n) is 7.26. The number of nitrogens with zero attached hydrogens (tertiary/aromatic N) is 4. The van der Waals surface area contributed by atoms with Gasteiger partial charge in [0.05, 0.1) is 24.8 Å². The van der Waals surface area contributed by atoms with Crippen LogP contribution in [0.2, 0.25) is 5.02 Å². The minimum atomic E-state index is -1.02. The van der Waals surface area contributed by atoms with E-state index in [2.05, 4.69) is 30.6 Å². The number of benzene rings is 2. The van der Waals surface area contributed by atoms with E-state index in [4.69, 9.17) is 16.0 Å². The number of Topliss-reactive ketones (excluding diaryl/α,β-unsaturated/α-hetero) is 1. The summed E-state index contributed by atoms with van der Waals surface area (Å²) in [6, 6.07) is 15.1. The van der Waals surface area contributed by atoms with E-state index in [1.165, 1.54) is 6.20 Å². The minimum absolute atomic E-state index is 0.177. The third kappa shape index (κ3) is 6.19. The van der Waals surface area contributed by atoms with Crippen LogP contribution < -0.4 is 16.2 Å². The average Bonchev–Trinajstić information content (AvgIpc) is 3.66. The van der Waals surface area contributed by atoms with E-state index in [9.17, 15) is 19.2 Å². The highest BCUT2D eigenvalue weighted by Crippen LogP contribution is 2.53. The zero-order valence-electron chi connectivity index (χ0n) is 23.7. The third-order valence-corrected chi connectivity index (χ3v) is 7.51. The number of amides is 2. The van der Waals surface area contributed by atoms with Crippen LogP contribution in [0.5, 0.6) is 0 Å². The number of rotatable bonds is 10. The molecule has 1 aliphatic rings. The van der Waals surface area contributed by atoms with Crippen LogP contribution in [0.4, 0.5) is 10.5 Å². The molecule has 2 aromatic carbocycles. The molecule has 0 spiro atoms. The fraction of sp³-hybridized carbons (Fsp3) is 0.300. The van der Waals surface area contributed by atoms with E-state index < -0.39 is 41.3 Å². The maximum Gasteiger partial charge on any atom is 0.411 e. The second kappa shape index (κ2) is 12.2. The van der Waals surface area contributed by atoms with Crippen molar-refractivity contribution in [3.8, 4) is 11.4 Å². The molecule has 2 N–H and O–H groups in total. The molecule has 2 amide bonds. The molecule has 0 radical (unpaired) electrons. The topological polar surface area (TPSA) is 158 Å². The standard InChI is InChI=1S/C30H29ClN6O6/c1-17(2)23(24(39)26-35-36-28(43-26)30(13-14-30)19-9-11-20(31)12-10-19)34-22(38)16-37-25(18-7-5-4-6-8-18)32-15-21(27(37)40)33-29(41)42-3/h4-12,15,17,23H,13-14,16H2,1-3H3,(H,33,41)(H,34,38). The molecule has 0 saturated heterocycles. The molecule has 1 atom stereocenters. The van der Waals surface area contributed by atoms with Gasteiger partial charge in [0.15, 0.2) is 0 Å². The Morgan fingerprint density at radius 1 is 1.07 bits per heavy atom. The number of halogens is 1. The van der Waals surface area contributed by atoms with Crippen LogP contribution in [-0.4, -0.2) is 50.7 Å². The van der Waals surface area contributed by atoms with Gasteiger partial charge < -0.3 is 14.5 Å². The van der Waals surface area contributed by atoms with Gasteiger partial charge >= 0.3 is 6.09 Å². The van der Waals surface area contributed by atoms with Crippen molar-refractivity contribution in [3.63, 3.8) is 0 Å². The molecule has 1 unspecified atom stereocenters. The summed E-state index contributed by atoms with van der Waals surface area (Å²) >= 11 is 6.04. The van der Waals surface area contributed by atoms with Gasteiger partial charge in [0.2, 0.25) is 17.6 Å². The molecular weight excluding hydrogens is 576 g/mol. The predicted molar refractivity (Wildman–Crippen MR) is 157 cm³/mol. The summed E-state index contributed by atoms with van der Waals surface area (Å²) in [5.41, 5.74) is 0.203. The number of hydrogen-bond donors (Lipinski definition) is 2. The summed E-state index contributed by atoms with van der Waals surface area (Å²) < 4.78 is 11.6. The zero-order valence-corrected chi connectivity index (χ0v) is 24.4. The molecule has 13 heteroatoms. The van der Waals surface area contributed by atoms with E-state index in [0.29, 0.717) is 16.5 Å². The van der Waals surface area contributed by atoms with Crippen LogP contribution in [0.25, 0.3) is 11.4 Å². The lowest BCUT2D eigenvalue weighted by molar-refractivity contribution is -0.122. The Hall–Kier alpha value is -4.84. The first-order chi connectivity index (χ1) is 20.6. The van der Waals surface area contributed by atoms with Crippen LogP contribution in [0.1, 0.15) is 48.8 Å². The van der Waals surface area contributed by atoms with E-state index in [-0.39, 0.29) is 23.3 Å². The molecule has 1 saturated carbocycles. The van der Waals surface area contributed by atoms with Crippen molar-refractivity contribution in [1.82, 2.24) is 25.1 Å². The molecule has 4 aromatic rings. The van der Waals surface area contributed by atoms with Gasteiger partial charge in [-0.25, -0.2) is 9.78 Å². The molecule has 43 heavy (non-hydrogen) atoms. The van der Waals surface area contributed by atoms with Crippen molar-refractivity contribution in [2.75, 3.05) is 12.4 Å². The fourth-order valence-electron chi connectivity index (χ4n) is 4.77. The van der Waals surface area contributed by atoms with Gasteiger partial charge in [0.25, 0.3) is 11.4 Å². The number of ketones is 1. The largest absolute Gasteiger partial charge is 0.453 e. The van der Waals surface area contributed by atoms with Crippen LogP contribution >= 0.6 is 11.6 Å². The maximum atomic E-state index is 13.5. The van der Waals surface area contributed by atoms with Gasteiger partial charge in [-0.15, -0.1) is 10.2 Å². The zero-order chi connectivity index (χ0) is 30.7. The molecule has 1 fully saturated rings. The molecule has 0 aliphatic heterocycles. The Bertz CT molecular complexity index is 1710. The SMILES string of the molecule is COC(=O)Nc1cnc(-c2ccccc2)n(CC(=O)NC(C(=O)c2nnc(C3(c4ccc(Cl)cc4)CC3)o2)C(C)C)c1=O. The highest BCUT2D eigenvalue weighted by Gasteiger charge is 2.51. The molecule has 2 heterocycles. The predicted octanol–water partition coefficient (Wildman–Crippen LogP) is 4.23. The van der Waals surface area contributed by atoms with Crippen molar-refractivity contribution < 1.29 is 23.5 Å². The Balaban J connectivity index is 1.38. The van der Waals surface area contributed by atoms with Crippen LogP contribution in [0.15, 0.2) is 70.0 Å². The molecule has 0 bridgehead atoms. The van der Waals surface area contributed by atoms with Gasteiger partial charge in [0.1, 0.15) is 18.1 Å². The first-order valence-electron chi connectivity index (χ1n) is 13.6. The Morgan fingerprint density at radius 3 is 2.40 bits per heavy atom. The van der Waals surface area contributed by atoms with E-state index in [0.717, 1.165) is 30.1 Å². The molecule has 5 rings (SSSR count). The summed E-state index contributed by atoms with van der Waals surface area (Å²) in [7, 11) is 1.16. The summed E-state index contributed by atoms with van der Waals surface area (Å²) in [4.78, 5) is 56.2. The monoisotopic (exact) mass is 604 g/mol. The average molecular weight is 605 g/mol. The Kier molecular flexibility index (Phi) is 8.40. The number of hydrogen-bond acceptors (Lipinski definition) is 9. The van der Waals surface area contributed by atoms with Gasteiger partial charge in [-0.05, 0) is 36.5 Å². The van der Waals surface area contributed by atoms with Crippen molar-refractivity contribution >= 4 is 35.1 Å². The van der Waals surface area contributed by atoms with Crippen molar-refractivity contribution in [2.45, 2.75) is 44.7 Å². The van der Waals surface area contributed by atoms with Crippen LogP contribution in [-0.2, 0) is 21.5 Å². The summed E-state index contributed by atoms with van der Waals surface area (Å²) in [5.74, 6) is -1.24. The number of anilines is 1. The van der Waals surface area contributed by atoms with Gasteiger partial charge in [-0.2, -0.15) is 0 Å². The van der Waals surface area contributed by atoms with E-state index in [1.54, 1.807) is 56.3 Å². The first kappa shape index (κ1) is 29.6. The highest BCUT2D eigenvalue weighted by atomic mass is 35.5. The number of aromatic nitrogens is 4. The van der Waals surface area contributed by atoms with Gasteiger partial charge in [-0.3, -0.25) is 24.3 Å². The van der Waals surface area contributed by atoms with E-state index in [1.807, 2.05) is 12.1 Å². The Morgan fingerprint density at radius 2 is 1.77 bits per heavy atom. The van der Waals surface area contributed by atoms with Crippen LogP contribution in [0, 0.1) is 5.92 Å².